The molecule has 0 spiro atoms. The van der Waals surface area contributed by atoms with Gasteiger partial charge in [0.05, 0.1) is 5.69 Å². The molecule has 150 valence electrons. The van der Waals surface area contributed by atoms with Crippen LogP contribution in [0.25, 0.3) is 28.2 Å². The number of fused-ring (bicyclic) bond motifs is 1. The summed E-state index contributed by atoms with van der Waals surface area (Å²) in [5.41, 5.74) is 5.51. The van der Waals surface area contributed by atoms with Crippen LogP contribution in [-0.2, 0) is 5.41 Å². The summed E-state index contributed by atoms with van der Waals surface area (Å²) < 4.78 is 1.57. The fourth-order valence-electron chi connectivity index (χ4n) is 4.10. The van der Waals surface area contributed by atoms with Gasteiger partial charge in [0.2, 0.25) is 5.82 Å². The van der Waals surface area contributed by atoms with Gasteiger partial charge in [-0.15, -0.1) is 5.10 Å². The van der Waals surface area contributed by atoms with Gasteiger partial charge in [0.25, 0.3) is 11.7 Å². The summed E-state index contributed by atoms with van der Waals surface area (Å²) >= 11 is 0. The third kappa shape index (κ3) is 3.05. The van der Waals surface area contributed by atoms with E-state index in [9.17, 15) is 4.79 Å². The number of hydrogen-bond acceptors (Lipinski definition) is 4. The summed E-state index contributed by atoms with van der Waals surface area (Å²) in [5.74, 6) is 0.175. The summed E-state index contributed by atoms with van der Waals surface area (Å²) in [6.45, 7) is 2.34. The lowest BCUT2D eigenvalue weighted by Gasteiger charge is -2.39. The average molecular weight is 397 g/mol. The highest BCUT2D eigenvalue weighted by Gasteiger charge is 2.33. The van der Waals surface area contributed by atoms with Gasteiger partial charge >= 0.3 is 0 Å². The quantitative estimate of drug-likeness (QED) is 0.558. The van der Waals surface area contributed by atoms with E-state index in [1.807, 2.05) is 36.5 Å². The highest BCUT2D eigenvalue weighted by Crippen LogP contribution is 2.43. The van der Waals surface area contributed by atoms with Gasteiger partial charge in [-0.3, -0.25) is 4.79 Å². The van der Waals surface area contributed by atoms with E-state index < -0.39 is 0 Å². The maximum absolute atomic E-state index is 12.0. The minimum atomic E-state index is -0.332. The zero-order valence-electron chi connectivity index (χ0n) is 17.1. The van der Waals surface area contributed by atoms with Crippen molar-refractivity contribution in [3.8, 4) is 22.4 Å². The van der Waals surface area contributed by atoms with E-state index in [4.69, 9.17) is 4.98 Å². The van der Waals surface area contributed by atoms with E-state index >= 15 is 0 Å². The number of aromatic nitrogens is 4. The van der Waals surface area contributed by atoms with Gasteiger partial charge in [0.1, 0.15) is 0 Å². The Morgan fingerprint density at radius 1 is 1.00 bits per heavy atom. The second-order valence-corrected chi connectivity index (χ2v) is 8.12. The van der Waals surface area contributed by atoms with Gasteiger partial charge in [0, 0.05) is 24.4 Å². The van der Waals surface area contributed by atoms with Crippen LogP contribution in [0.3, 0.4) is 0 Å². The van der Waals surface area contributed by atoms with E-state index in [2.05, 4.69) is 46.6 Å². The Labute approximate surface area is 175 Å². The van der Waals surface area contributed by atoms with Crippen LogP contribution in [0.15, 0.2) is 60.8 Å². The van der Waals surface area contributed by atoms with Crippen molar-refractivity contribution in [2.45, 2.75) is 31.6 Å². The Morgan fingerprint density at radius 2 is 1.73 bits per heavy atom. The van der Waals surface area contributed by atoms with Crippen molar-refractivity contribution in [3.05, 3.63) is 72.2 Å². The van der Waals surface area contributed by atoms with Crippen LogP contribution in [0.4, 0.5) is 0 Å². The lowest BCUT2D eigenvalue weighted by molar-refractivity contribution is 0.0953. The van der Waals surface area contributed by atoms with Crippen molar-refractivity contribution >= 4 is 11.7 Å². The van der Waals surface area contributed by atoms with Crippen LogP contribution >= 0.6 is 0 Å². The molecule has 6 nitrogen and oxygen atoms in total. The number of carbonyl (C=O) groups excluding carboxylic acids is 1. The molecular weight excluding hydrogens is 374 g/mol. The lowest BCUT2D eigenvalue weighted by atomic mass is 9.66. The van der Waals surface area contributed by atoms with Crippen LogP contribution in [-0.4, -0.2) is 32.5 Å². The Balaban J connectivity index is 1.66. The number of amides is 1. The summed E-state index contributed by atoms with van der Waals surface area (Å²) in [6, 6.07) is 18.8. The number of benzene rings is 2. The number of carbonyl (C=O) groups is 1. The van der Waals surface area contributed by atoms with Gasteiger partial charge in [-0.1, -0.05) is 67.9 Å². The first-order valence-corrected chi connectivity index (χ1v) is 10.2. The molecule has 1 saturated carbocycles. The number of rotatable bonds is 4. The van der Waals surface area contributed by atoms with Crippen molar-refractivity contribution in [1.82, 2.24) is 24.9 Å². The highest BCUT2D eigenvalue weighted by molar-refractivity contribution is 5.90. The maximum atomic E-state index is 12.0. The molecule has 0 bridgehead atoms. The molecule has 5 rings (SSSR count). The minimum absolute atomic E-state index is 0.106. The van der Waals surface area contributed by atoms with Crippen molar-refractivity contribution < 1.29 is 4.79 Å². The molecule has 0 aliphatic heterocycles. The normalized spacial score (nSPS) is 15.0. The van der Waals surface area contributed by atoms with Crippen molar-refractivity contribution in [2.24, 2.45) is 0 Å². The molecule has 1 fully saturated rings. The molecule has 1 aliphatic rings. The lowest BCUT2D eigenvalue weighted by Crippen LogP contribution is -2.30. The first kappa shape index (κ1) is 18.5. The largest absolute Gasteiger partial charge is 0.352 e. The van der Waals surface area contributed by atoms with E-state index in [-0.39, 0.29) is 11.7 Å². The first-order valence-electron chi connectivity index (χ1n) is 10.2. The Morgan fingerprint density at radius 3 is 2.37 bits per heavy atom. The number of nitrogens with one attached hydrogen (secondary N) is 1. The molecule has 1 aliphatic carbocycles. The summed E-state index contributed by atoms with van der Waals surface area (Å²) in [4.78, 5) is 21.1. The molecular formula is C24H23N5O. The third-order valence-electron chi connectivity index (χ3n) is 6.16. The zero-order valence-corrected chi connectivity index (χ0v) is 17.1. The van der Waals surface area contributed by atoms with E-state index in [1.54, 1.807) is 11.6 Å². The van der Waals surface area contributed by atoms with Crippen LogP contribution in [0.2, 0.25) is 0 Å². The molecule has 0 radical (unpaired) electrons. The smallest absolute Gasteiger partial charge is 0.290 e. The van der Waals surface area contributed by atoms with Gasteiger partial charge in [-0.05, 0) is 29.4 Å². The van der Waals surface area contributed by atoms with E-state index in [0.29, 0.717) is 11.2 Å². The van der Waals surface area contributed by atoms with Crippen molar-refractivity contribution in [1.29, 1.82) is 0 Å². The summed E-state index contributed by atoms with van der Waals surface area (Å²) in [5, 5.41) is 6.86. The van der Waals surface area contributed by atoms with Crippen LogP contribution < -0.4 is 5.32 Å². The van der Waals surface area contributed by atoms with Crippen LogP contribution in [0.5, 0.6) is 0 Å². The van der Waals surface area contributed by atoms with Gasteiger partial charge < -0.3 is 5.32 Å². The second kappa shape index (κ2) is 7.06. The summed E-state index contributed by atoms with van der Waals surface area (Å²) in [6.07, 6.45) is 5.68. The molecule has 0 saturated heterocycles. The zero-order chi connectivity index (χ0) is 20.7. The molecule has 6 heteroatoms. The molecule has 0 atom stereocenters. The second-order valence-electron chi connectivity index (χ2n) is 8.12. The topological polar surface area (TPSA) is 72.2 Å². The van der Waals surface area contributed by atoms with E-state index in [0.717, 1.165) is 22.4 Å². The fourth-order valence-corrected chi connectivity index (χ4v) is 4.10. The predicted molar refractivity (Wildman–Crippen MR) is 116 cm³/mol. The minimum Gasteiger partial charge on any atom is -0.352 e. The van der Waals surface area contributed by atoms with Crippen molar-refractivity contribution in [2.75, 3.05) is 7.05 Å². The molecule has 30 heavy (non-hydrogen) atoms. The van der Waals surface area contributed by atoms with Gasteiger partial charge in [-0.25, -0.2) is 9.50 Å². The molecule has 4 aromatic rings. The van der Waals surface area contributed by atoms with Crippen LogP contribution in [0, 0.1) is 0 Å². The summed E-state index contributed by atoms with van der Waals surface area (Å²) in [7, 11) is 1.56. The molecule has 2 aromatic heterocycles. The predicted octanol–water partition coefficient (Wildman–Crippen LogP) is 4.26. The molecule has 2 aromatic carbocycles. The highest BCUT2D eigenvalue weighted by atomic mass is 16.2. The van der Waals surface area contributed by atoms with Gasteiger partial charge in [-0.2, -0.15) is 4.98 Å². The molecule has 1 N–H and O–H groups in total. The standard InChI is InChI=1S/C24H23N5O/c1-24(13-6-14-24)18-11-9-17(10-12-18)20-19(16-7-4-3-5-8-16)15-29-23(26-20)27-21(28-29)22(30)25-2/h3-5,7-12,15H,6,13-14H2,1-2H3,(H,25,30). The van der Waals surface area contributed by atoms with E-state index in [1.165, 1.54) is 24.8 Å². The monoisotopic (exact) mass is 397 g/mol. The van der Waals surface area contributed by atoms with Crippen LogP contribution in [0.1, 0.15) is 42.4 Å². The fraction of sp³-hybridized carbons (Fsp3) is 0.250. The maximum Gasteiger partial charge on any atom is 0.290 e. The Bertz CT molecular complexity index is 1220. The average Bonchev–Trinajstić information content (AvgIpc) is 3.20. The number of hydrogen-bond donors (Lipinski definition) is 1. The first-order chi connectivity index (χ1) is 14.6. The molecule has 1 amide bonds. The number of nitrogens with zero attached hydrogens (tertiary/aromatic N) is 4. The third-order valence-corrected chi connectivity index (χ3v) is 6.16. The Kier molecular flexibility index (Phi) is 4.35. The Hall–Kier alpha value is -3.54. The SMILES string of the molecule is CNC(=O)c1nc2nc(-c3ccc(C4(C)CCC4)cc3)c(-c3ccccc3)cn2n1. The molecule has 2 heterocycles. The van der Waals surface area contributed by atoms with Gasteiger partial charge in [0.15, 0.2) is 0 Å². The molecule has 0 unspecified atom stereocenters. The van der Waals surface area contributed by atoms with Crippen molar-refractivity contribution in [3.63, 3.8) is 0 Å².